The Hall–Kier alpha value is -5.57. The second kappa shape index (κ2) is 18.7. The first-order chi connectivity index (χ1) is 37.5. The molecule has 0 atom stereocenters. The normalized spacial score (nSPS) is 16.6. The fourth-order valence-corrected chi connectivity index (χ4v) is 8.28. The Morgan fingerprint density at radius 1 is 0.632 bits per heavy atom. The summed E-state index contributed by atoms with van der Waals surface area (Å²) in [7, 11) is 0. The van der Waals surface area contributed by atoms with Gasteiger partial charge in [-0.15, -0.1) is 29.3 Å². The number of imidazole rings is 1. The number of aromatic hydroxyl groups is 1. The van der Waals surface area contributed by atoms with E-state index in [4.69, 9.17) is 25.0 Å². The van der Waals surface area contributed by atoms with E-state index in [1.54, 1.807) is 39.8 Å². The maximum atomic E-state index is 12.5. The van der Waals surface area contributed by atoms with Gasteiger partial charge in [-0.3, -0.25) is 9.55 Å². The summed E-state index contributed by atoms with van der Waals surface area (Å²) in [6, 6.07) is 32.4. The van der Waals surface area contributed by atoms with Crippen molar-refractivity contribution in [2.45, 2.75) is 132 Å². The molecule has 0 spiro atoms. The monoisotopic (exact) mass is 1090 g/mol. The van der Waals surface area contributed by atoms with Crippen molar-refractivity contribution in [2.24, 2.45) is 5.41 Å². The number of benzene rings is 6. The number of nitrogens with zero attached hydrogens (tertiary/aromatic N) is 3. The Labute approximate surface area is 442 Å². The van der Waals surface area contributed by atoms with Crippen LogP contribution in [-0.2, 0) is 37.3 Å². The molecule has 1 N–H and O–H groups in total. The Morgan fingerprint density at radius 3 is 1.96 bits per heavy atom. The molecule has 2 aromatic heterocycles. The minimum absolute atomic E-state index is 0. The summed E-state index contributed by atoms with van der Waals surface area (Å²) in [6.07, 6.45) is 1.40. The number of pyridine rings is 1. The largest absolute Gasteiger partial charge is 0.507 e. The first kappa shape index (κ1) is 33.8. The summed E-state index contributed by atoms with van der Waals surface area (Å²) in [5, 5.41) is 12.5. The van der Waals surface area contributed by atoms with E-state index >= 15 is 0 Å². The van der Waals surface area contributed by atoms with Gasteiger partial charge < -0.3 is 5.11 Å². The summed E-state index contributed by atoms with van der Waals surface area (Å²) in [6.45, 7) is 12.7. The predicted molar refractivity (Wildman–Crippen MR) is 285 cm³/mol. The molecule has 0 aliphatic heterocycles. The zero-order valence-corrected chi connectivity index (χ0v) is 43.3. The molecule has 0 bridgehead atoms. The van der Waals surface area contributed by atoms with Crippen LogP contribution in [0.3, 0.4) is 0 Å². The molecule has 4 nitrogen and oxygen atoms in total. The van der Waals surface area contributed by atoms with Gasteiger partial charge in [0.15, 0.2) is 0 Å². The van der Waals surface area contributed by atoms with Gasteiger partial charge in [0, 0.05) is 53.6 Å². The minimum Gasteiger partial charge on any atom is -0.507 e. The molecule has 0 aliphatic rings. The summed E-state index contributed by atoms with van der Waals surface area (Å²) in [5.41, 5.74) is 2.74. The number of para-hydroxylation sites is 1. The molecule has 6 aromatic carbocycles. The van der Waals surface area contributed by atoms with Crippen LogP contribution in [0.15, 0.2) is 133 Å². The summed E-state index contributed by atoms with van der Waals surface area (Å²) in [5.74, 6) is -2.21. The smallest absolute Gasteiger partial charge is 0.148 e. The molecule has 0 saturated heterocycles. The molecule has 0 amide bonds. The molecular weight excluding hydrogens is 1010 g/mol. The van der Waals surface area contributed by atoms with Crippen LogP contribution in [0.2, 0.25) is 0 Å². The summed E-state index contributed by atoms with van der Waals surface area (Å²) in [4.78, 5) is 10.2. The average Bonchev–Trinajstić information content (AvgIpc) is 2.86. The molecule has 0 unspecified atom stereocenters. The standard InChI is InChI=1S/C63H70N3O.Pt/c1-39(2)44-35-51(40(3)4)58(67)53(36-44)59-65-57-50(22-19-23-56(57)66(59)55-29-28-48(63(14,15)62(11,12)13)38-52(55)42-20-17-16-18-21-42)45-32-46(34-49(33-45)61(8,9)10)54-37-43(30-31-64-54)41-24-26-47(27-25-41)60(5,6)7;/h16-31,33-40,67H,1-15H3;/q-1;/i5D3,6D3,7D3,24D,25D,26D,27D,39D,40D;. The fraction of sp³-hybridized carbons (Fsp3) is 0.333. The second-order valence-electron chi connectivity index (χ2n) is 20.7. The van der Waals surface area contributed by atoms with Crippen molar-refractivity contribution in [1.29, 1.82) is 0 Å². The Kier molecular flexibility index (Phi) is 9.32. The molecule has 354 valence electrons. The van der Waals surface area contributed by atoms with Gasteiger partial charge in [0.1, 0.15) is 11.6 Å². The number of hydrogen-bond acceptors (Lipinski definition) is 3. The zero-order valence-electron chi connectivity index (χ0n) is 56.0. The number of phenolic OH excluding ortho intramolecular Hbond substituents is 1. The van der Waals surface area contributed by atoms with Crippen LogP contribution >= 0.6 is 0 Å². The van der Waals surface area contributed by atoms with Crippen molar-refractivity contribution in [1.82, 2.24) is 14.5 Å². The SMILES string of the molecule is [2H]c1c([2H])c(C(C([2H])([2H])[2H])(C([2H])([2H])[2H])C([2H])([2H])[2H])c([2H])c([2H])c1-c1ccnc(-c2[c-]c(-c3cccc4c3nc(-c3cc(C([2H])(C)C)cc(C([2H])(C)C)c3O)n4-c3ccc(C(C)(C)C(C)(C)C)cc3-c3ccccc3)cc(C(C)(C)C)c2)c1.[Pt]. The van der Waals surface area contributed by atoms with Crippen molar-refractivity contribution in [3.05, 3.63) is 167 Å². The van der Waals surface area contributed by atoms with Gasteiger partial charge in [-0.2, -0.15) is 0 Å². The third-order valence-electron chi connectivity index (χ3n) is 13.4. The number of rotatable bonds is 9. The maximum Gasteiger partial charge on any atom is 0.148 e. The van der Waals surface area contributed by atoms with Gasteiger partial charge >= 0.3 is 0 Å². The van der Waals surface area contributed by atoms with Crippen molar-refractivity contribution < 1.29 is 46.7 Å². The van der Waals surface area contributed by atoms with Crippen LogP contribution in [0, 0.1) is 11.5 Å². The topological polar surface area (TPSA) is 50.9 Å². The van der Waals surface area contributed by atoms with Gasteiger partial charge in [0.05, 0.1) is 27.8 Å². The van der Waals surface area contributed by atoms with Gasteiger partial charge in [0.25, 0.3) is 0 Å². The Balaban J connectivity index is 0.00000990. The molecule has 8 aromatic rings. The van der Waals surface area contributed by atoms with E-state index in [1.807, 2.05) is 73.9 Å². The van der Waals surface area contributed by atoms with Crippen LogP contribution in [-0.4, -0.2) is 19.6 Å². The van der Waals surface area contributed by atoms with Crippen molar-refractivity contribution in [3.8, 4) is 67.5 Å². The van der Waals surface area contributed by atoms with Crippen LogP contribution in [0.4, 0.5) is 0 Å². The van der Waals surface area contributed by atoms with Gasteiger partial charge in [-0.25, -0.2) is 4.98 Å². The molecule has 0 fully saturated rings. The fourth-order valence-electron chi connectivity index (χ4n) is 8.28. The Bertz CT molecular complexity index is 3730. The number of fused-ring (bicyclic) bond motifs is 1. The average molecular weight is 1100 g/mol. The summed E-state index contributed by atoms with van der Waals surface area (Å²) >= 11 is 0. The number of hydrogen-bond donors (Lipinski definition) is 1. The molecule has 5 heteroatoms. The Morgan fingerprint density at radius 2 is 1.32 bits per heavy atom. The van der Waals surface area contributed by atoms with Crippen LogP contribution in [0.25, 0.3) is 72.7 Å². The van der Waals surface area contributed by atoms with E-state index < -0.39 is 72.9 Å². The first-order valence-corrected chi connectivity index (χ1v) is 22.7. The van der Waals surface area contributed by atoms with E-state index in [1.165, 1.54) is 18.3 Å². The summed E-state index contributed by atoms with van der Waals surface area (Å²) < 4.78 is 131. The molecule has 8 rings (SSSR count). The molecule has 0 aliphatic carbocycles. The third kappa shape index (κ3) is 9.69. The predicted octanol–water partition coefficient (Wildman–Crippen LogP) is 17.4. The van der Waals surface area contributed by atoms with E-state index in [-0.39, 0.29) is 54.5 Å². The molecule has 68 heavy (non-hydrogen) atoms. The first-order valence-electron chi connectivity index (χ1n) is 30.2. The van der Waals surface area contributed by atoms with Crippen LogP contribution < -0.4 is 0 Å². The van der Waals surface area contributed by atoms with E-state index in [2.05, 4.69) is 71.0 Å². The van der Waals surface area contributed by atoms with Crippen molar-refractivity contribution >= 4 is 11.0 Å². The third-order valence-corrected chi connectivity index (χ3v) is 13.4. The van der Waals surface area contributed by atoms with E-state index in [0.717, 1.165) is 27.9 Å². The molecule has 0 radical (unpaired) electrons. The maximum absolute atomic E-state index is 12.5. The van der Waals surface area contributed by atoms with Gasteiger partial charge in [-0.1, -0.05) is 200 Å². The molecular formula is C63H70N3OPt-. The van der Waals surface area contributed by atoms with Crippen LogP contribution in [0.1, 0.15) is 164 Å². The van der Waals surface area contributed by atoms with E-state index in [0.29, 0.717) is 50.2 Å². The van der Waals surface area contributed by atoms with Gasteiger partial charge in [0.2, 0.25) is 0 Å². The van der Waals surface area contributed by atoms with Crippen molar-refractivity contribution in [3.63, 3.8) is 0 Å². The quantitative estimate of drug-likeness (QED) is 0.147. The van der Waals surface area contributed by atoms with Crippen LogP contribution in [0.5, 0.6) is 5.75 Å². The molecule has 0 saturated carbocycles. The minimum atomic E-state index is -3.83. The number of phenols is 1. The van der Waals surface area contributed by atoms with Crippen molar-refractivity contribution in [2.75, 3.05) is 0 Å². The second-order valence-corrected chi connectivity index (χ2v) is 20.7. The number of aromatic nitrogens is 3. The van der Waals surface area contributed by atoms with E-state index in [9.17, 15) is 10.6 Å². The molecule has 2 heterocycles. The van der Waals surface area contributed by atoms with Gasteiger partial charge in [-0.05, 0) is 103 Å². The zero-order chi connectivity index (χ0) is 61.2.